The SMILES string of the molecule is O=[N+]([O-])c1ccc(N/N=C(/CO)[C@H](O)[C@H](O)CO)cc1. The summed E-state index contributed by atoms with van der Waals surface area (Å²) in [6, 6.07) is 5.31. The highest BCUT2D eigenvalue weighted by Gasteiger charge is 2.21. The van der Waals surface area contributed by atoms with Crippen LogP contribution < -0.4 is 5.43 Å². The van der Waals surface area contributed by atoms with Gasteiger partial charge in [-0.25, -0.2) is 0 Å². The number of rotatable bonds is 7. The van der Waals surface area contributed by atoms with Gasteiger partial charge in [0.25, 0.3) is 5.69 Å². The number of anilines is 1. The van der Waals surface area contributed by atoms with Crippen LogP contribution in [0.2, 0.25) is 0 Å². The van der Waals surface area contributed by atoms with Gasteiger partial charge in [-0.3, -0.25) is 15.5 Å². The number of nitro groups is 1. The van der Waals surface area contributed by atoms with Gasteiger partial charge in [0.15, 0.2) is 0 Å². The third-order valence-electron chi connectivity index (χ3n) is 2.46. The summed E-state index contributed by atoms with van der Waals surface area (Å²) in [7, 11) is 0. The molecule has 0 spiro atoms. The average Bonchev–Trinajstić information content (AvgIpc) is 2.47. The Balaban J connectivity index is 2.75. The highest BCUT2D eigenvalue weighted by molar-refractivity contribution is 5.90. The monoisotopic (exact) mass is 285 g/mol. The van der Waals surface area contributed by atoms with Gasteiger partial charge < -0.3 is 20.4 Å². The molecule has 0 aliphatic heterocycles. The van der Waals surface area contributed by atoms with Gasteiger partial charge in [-0.15, -0.1) is 0 Å². The van der Waals surface area contributed by atoms with Gasteiger partial charge >= 0.3 is 0 Å². The Bertz CT molecular complexity index is 476. The van der Waals surface area contributed by atoms with Gasteiger partial charge in [-0.05, 0) is 12.1 Å². The minimum atomic E-state index is -1.52. The Kier molecular flexibility index (Phi) is 6.00. The maximum Gasteiger partial charge on any atom is 0.269 e. The lowest BCUT2D eigenvalue weighted by atomic mass is 10.1. The van der Waals surface area contributed by atoms with Crippen LogP contribution in [0.1, 0.15) is 0 Å². The molecule has 0 fully saturated rings. The van der Waals surface area contributed by atoms with Crippen LogP contribution in [-0.2, 0) is 0 Å². The van der Waals surface area contributed by atoms with Crippen LogP contribution in [0.4, 0.5) is 11.4 Å². The zero-order valence-electron chi connectivity index (χ0n) is 10.4. The van der Waals surface area contributed by atoms with Gasteiger partial charge in [0.05, 0.1) is 29.5 Å². The van der Waals surface area contributed by atoms with Crippen molar-refractivity contribution in [1.82, 2.24) is 0 Å². The van der Waals surface area contributed by atoms with Crippen LogP contribution in [0.25, 0.3) is 0 Å². The largest absolute Gasteiger partial charge is 0.394 e. The van der Waals surface area contributed by atoms with E-state index in [4.69, 9.17) is 10.2 Å². The van der Waals surface area contributed by atoms with Crippen molar-refractivity contribution in [3.05, 3.63) is 34.4 Å². The molecular formula is C11H15N3O6. The predicted octanol–water partition coefficient (Wildman–Crippen LogP) is -0.931. The van der Waals surface area contributed by atoms with E-state index in [0.29, 0.717) is 5.69 Å². The van der Waals surface area contributed by atoms with Crippen molar-refractivity contribution >= 4 is 17.1 Å². The summed E-state index contributed by atoms with van der Waals surface area (Å²) < 4.78 is 0. The molecule has 0 radical (unpaired) electrons. The van der Waals surface area contributed by atoms with E-state index < -0.39 is 30.3 Å². The zero-order chi connectivity index (χ0) is 15.1. The number of nitrogens with one attached hydrogen (secondary N) is 1. The summed E-state index contributed by atoms with van der Waals surface area (Å²) in [5.74, 6) is 0. The fourth-order valence-corrected chi connectivity index (χ4v) is 1.31. The molecule has 0 aromatic heterocycles. The molecule has 20 heavy (non-hydrogen) atoms. The number of aliphatic hydroxyl groups is 4. The van der Waals surface area contributed by atoms with Crippen molar-refractivity contribution < 1.29 is 25.3 Å². The Hall–Kier alpha value is -2.07. The van der Waals surface area contributed by atoms with Crippen LogP contribution in [0, 0.1) is 10.1 Å². The van der Waals surface area contributed by atoms with E-state index >= 15 is 0 Å². The standard InChI is InChI=1S/C11H15N3O6/c15-5-9(11(18)10(17)6-16)13-12-7-1-3-8(4-2-7)14(19)20/h1-4,10-12,15-18H,5-6H2/b13-9-/t10-,11+/m1/s1. The molecule has 5 N–H and O–H groups in total. The molecule has 9 nitrogen and oxygen atoms in total. The average molecular weight is 285 g/mol. The first-order chi connectivity index (χ1) is 9.49. The summed E-state index contributed by atoms with van der Waals surface area (Å²) in [6.45, 7) is -1.31. The smallest absolute Gasteiger partial charge is 0.269 e. The van der Waals surface area contributed by atoms with Crippen molar-refractivity contribution in [2.24, 2.45) is 5.10 Å². The molecule has 0 amide bonds. The normalized spacial score (nSPS) is 14.7. The lowest BCUT2D eigenvalue weighted by Gasteiger charge is -2.16. The topological polar surface area (TPSA) is 148 Å². The van der Waals surface area contributed by atoms with Crippen LogP contribution in [0.15, 0.2) is 29.4 Å². The van der Waals surface area contributed by atoms with Gasteiger partial charge in [0.2, 0.25) is 0 Å². The number of hydrogen-bond acceptors (Lipinski definition) is 8. The zero-order valence-corrected chi connectivity index (χ0v) is 10.4. The number of non-ortho nitro benzene ring substituents is 1. The maximum absolute atomic E-state index is 10.5. The predicted molar refractivity (Wildman–Crippen MR) is 70.3 cm³/mol. The van der Waals surface area contributed by atoms with E-state index in [0.717, 1.165) is 0 Å². The second-order valence-electron chi connectivity index (χ2n) is 3.87. The Morgan fingerprint density at radius 1 is 1.30 bits per heavy atom. The lowest BCUT2D eigenvalue weighted by Crippen LogP contribution is -2.38. The number of benzene rings is 1. The molecule has 0 saturated carbocycles. The Morgan fingerprint density at radius 2 is 1.90 bits per heavy atom. The maximum atomic E-state index is 10.5. The van der Waals surface area contributed by atoms with Crippen LogP contribution in [0.5, 0.6) is 0 Å². The van der Waals surface area contributed by atoms with E-state index in [1.807, 2.05) is 0 Å². The summed E-state index contributed by atoms with van der Waals surface area (Å²) in [5.41, 5.74) is 2.61. The molecule has 1 aromatic carbocycles. The minimum Gasteiger partial charge on any atom is -0.394 e. The fraction of sp³-hybridized carbons (Fsp3) is 0.364. The second kappa shape index (κ2) is 7.50. The van der Waals surface area contributed by atoms with Gasteiger partial charge in [-0.1, -0.05) is 0 Å². The molecule has 1 rings (SSSR count). The summed E-state index contributed by atoms with van der Waals surface area (Å²) in [4.78, 5) is 9.91. The minimum absolute atomic E-state index is 0.0855. The van der Waals surface area contributed by atoms with E-state index in [1.165, 1.54) is 24.3 Å². The summed E-state index contributed by atoms with van der Waals surface area (Å²) >= 11 is 0. The van der Waals surface area contributed by atoms with Gasteiger partial charge in [-0.2, -0.15) is 5.10 Å². The molecule has 9 heteroatoms. The van der Waals surface area contributed by atoms with Crippen LogP contribution >= 0.6 is 0 Å². The van der Waals surface area contributed by atoms with Crippen molar-refractivity contribution in [2.45, 2.75) is 12.2 Å². The number of aliphatic hydroxyl groups excluding tert-OH is 4. The fourth-order valence-electron chi connectivity index (χ4n) is 1.31. The molecule has 1 aromatic rings. The first-order valence-electron chi connectivity index (χ1n) is 5.64. The molecule has 0 saturated heterocycles. The first-order valence-corrected chi connectivity index (χ1v) is 5.64. The number of nitro benzene ring substituents is 1. The molecule has 0 unspecified atom stereocenters. The van der Waals surface area contributed by atoms with Crippen LogP contribution in [-0.4, -0.2) is 56.5 Å². The van der Waals surface area contributed by atoms with E-state index in [2.05, 4.69) is 10.5 Å². The van der Waals surface area contributed by atoms with Crippen molar-refractivity contribution in [2.75, 3.05) is 18.6 Å². The molecule has 0 heterocycles. The van der Waals surface area contributed by atoms with Gasteiger partial charge in [0, 0.05) is 12.1 Å². The van der Waals surface area contributed by atoms with E-state index in [9.17, 15) is 20.3 Å². The molecule has 110 valence electrons. The van der Waals surface area contributed by atoms with E-state index in [1.54, 1.807) is 0 Å². The number of hydrogen-bond donors (Lipinski definition) is 5. The number of hydrazone groups is 1. The highest BCUT2D eigenvalue weighted by atomic mass is 16.6. The lowest BCUT2D eigenvalue weighted by molar-refractivity contribution is -0.384. The molecule has 0 aliphatic rings. The van der Waals surface area contributed by atoms with Crippen LogP contribution in [0.3, 0.4) is 0 Å². The highest BCUT2D eigenvalue weighted by Crippen LogP contribution is 2.15. The van der Waals surface area contributed by atoms with E-state index in [-0.39, 0.29) is 11.4 Å². The van der Waals surface area contributed by atoms with Crippen molar-refractivity contribution in [3.8, 4) is 0 Å². The van der Waals surface area contributed by atoms with Crippen molar-refractivity contribution in [3.63, 3.8) is 0 Å². The molecular weight excluding hydrogens is 270 g/mol. The summed E-state index contributed by atoms with van der Waals surface area (Å²) in [6.07, 6.45) is -2.98. The first kappa shape index (κ1) is 16.0. The Labute approximate surface area is 114 Å². The molecule has 0 bridgehead atoms. The molecule has 0 aliphatic carbocycles. The van der Waals surface area contributed by atoms with Gasteiger partial charge in [0.1, 0.15) is 12.2 Å². The third kappa shape index (κ3) is 4.24. The Morgan fingerprint density at radius 3 is 2.35 bits per heavy atom. The van der Waals surface area contributed by atoms with Crippen molar-refractivity contribution in [1.29, 1.82) is 0 Å². The summed E-state index contributed by atoms with van der Waals surface area (Å²) in [5, 5.41) is 50.6. The second-order valence-corrected chi connectivity index (χ2v) is 3.87. The quantitative estimate of drug-likeness (QED) is 0.247. The third-order valence-corrected chi connectivity index (χ3v) is 2.46. The molecule has 2 atom stereocenters. The number of nitrogens with zero attached hydrogens (tertiary/aromatic N) is 2.